The van der Waals surface area contributed by atoms with Crippen LogP contribution in [0.2, 0.25) is 0 Å². The lowest BCUT2D eigenvalue weighted by molar-refractivity contribution is 0.230. The van der Waals surface area contributed by atoms with Crippen molar-refractivity contribution in [2.75, 3.05) is 21.3 Å². The Kier molecular flexibility index (Phi) is 3.89. The Labute approximate surface area is 103 Å². The molecular weight excluding hydrogens is 214 g/mol. The number of rotatable bonds is 5. The summed E-state index contributed by atoms with van der Waals surface area (Å²) in [5.74, 6) is 2.52. The van der Waals surface area contributed by atoms with Crippen LogP contribution in [-0.4, -0.2) is 21.3 Å². The molecule has 1 aromatic rings. The second-order valence-electron chi connectivity index (χ2n) is 4.53. The molecule has 0 radical (unpaired) electrons. The summed E-state index contributed by atoms with van der Waals surface area (Å²) in [6, 6.07) is 6.30. The summed E-state index contributed by atoms with van der Waals surface area (Å²) in [5, 5.41) is 3.41. The largest absolute Gasteiger partial charge is 0.496 e. The lowest BCUT2D eigenvalue weighted by atomic mass is 9.77. The average Bonchev–Trinajstić information content (AvgIpc) is 2.32. The molecule has 1 unspecified atom stereocenters. The van der Waals surface area contributed by atoms with Crippen LogP contribution >= 0.6 is 0 Å². The lowest BCUT2D eigenvalue weighted by Gasteiger charge is -2.35. The fraction of sp³-hybridized carbons (Fsp3) is 0.571. The molecule has 3 nitrogen and oxygen atoms in total. The van der Waals surface area contributed by atoms with Crippen molar-refractivity contribution in [3.8, 4) is 11.5 Å². The van der Waals surface area contributed by atoms with Crippen molar-refractivity contribution in [1.29, 1.82) is 0 Å². The smallest absolute Gasteiger partial charge is 0.127 e. The molecule has 1 N–H and O–H groups in total. The molecule has 2 rings (SSSR count). The van der Waals surface area contributed by atoms with Crippen molar-refractivity contribution in [3.63, 3.8) is 0 Å². The van der Waals surface area contributed by atoms with Crippen molar-refractivity contribution >= 4 is 0 Å². The minimum Gasteiger partial charge on any atom is -0.496 e. The fourth-order valence-electron chi connectivity index (χ4n) is 2.58. The van der Waals surface area contributed by atoms with Crippen LogP contribution in [0.5, 0.6) is 11.5 Å². The Morgan fingerprint density at radius 3 is 2.12 bits per heavy atom. The average molecular weight is 235 g/mol. The predicted molar refractivity (Wildman–Crippen MR) is 68.7 cm³/mol. The summed E-state index contributed by atoms with van der Waals surface area (Å²) in [7, 11) is 5.44. The quantitative estimate of drug-likeness (QED) is 0.851. The topological polar surface area (TPSA) is 30.5 Å². The first kappa shape index (κ1) is 12.2. The van der Waals surface area contributed by atoms with Crippen LogP contribution in [0, 0.1) is 5.92 Å². The monoisotopic (exact) mass is 235 g/mol. The van der Waals surface area contributed by atoms with Crippen molar-refractivity contribution in [1.82, 2.24) is 5.32 Å². The number of hydrogen-bond acceptors (Lipinski definition) is 3. The fourth-order valence-corrected chi connectivity index (χ4v) is 2.58. The highest BCUT2D eigenvalue weighted by atomic mass is 16.5. The molecule has 17 heavy (non-hydrogen) atoms. The minimum atomic E-state index is 0.329. The Morgan fingerprint density at radius 1 is 1.18 bits per heavy atom. The molecule has 1 atom stereocenters. The molecule has 0 aromatic heterocycles. The third kappa shape index (κ3) is 2.25. The van der Waals surface area contributed by atoms with Gasteiger partial charge >= 0.3 is 0 Å². The zero-order valence-corrected chi connectivity index (χ0v) is 10.8. The van der Waals surface area contributed by atoms with E-state index in [1.165, 1.54) is 19.3 Å². The zero-order chi connectivity index (χ0) is 12.3. The van der Waals surface area contributed by atoms with Crippen LogP contribution in [0.25, 0.3) is 0 Å². The summed E-state index contributed by atoms with van der Waals surface area (Å²) in [6.45, 7) is 0. The standard InChI is InChI=1S/C14H21NO2/c1-15-14(10-6-4-7-10)13-11(16-2)8-5-9-12(13)17-3/h5,8-10,14-15H,4,6-7H2,1-3H3. The van der Waals surface area contributed by atoms with Gasteiger partial charge in [-0.2, -0.15) is 0 Å². The molecule has 3 heteroatoms. The Balaban J connectivity index is 2.38. The number of hydrogen-bond donors (Lipinski definition) is 1. The van der Waals surface area contributed by atoms with Gasteiger partial charge in [-0.05, 0) is 37.9 Å². The second-order valence-corrected chi connectivity index (χ2v) is 4.53. The first-order chi connectivity index (χ1) is 8.31. The maximum Gasteiger partial charge on any atom is 0.127 e. The van der Waals surface area contributed by atoms with Crippen LogP contribution in [-0.2, 0) is 0 Å². The zero-order valence-electron chi connectivity index (χ0n) is 10.8. The van der Waals surface area contributed by atoms with E-state index in [1.54, 1.807) is 14.2 Å². The molecular formula is C14H21NO2. The number of benzene rings is 1. The van der Waals surface area contributed by atoms with E-state index < -0.39 is 0 Å². The van der Waals surface area contributed by atoms with Gasteiger partial charge in [0.15, 0.2) is 0 Å². The highest BCUT2D eigenvalue weighted by Crippen LogP contribution is 2.44. The van der Waals surface area contributed by atoms with Crippen molar-refractivity contribution < 1.29 is 9.47 Å². The molecule has 1 fully saturated rings. The summed E-state index contributed by atoms with van der Waals surface area (Å²) < 4.78 is 10.9. The molecule has 0 bridgehead atoms. The van der Waals surface area contributed by atoms with E-state index in [0.29, 0.717) is 12.0 Å². The summed E-state index contributed by atoms with van der Waals surface area (Å²) >= 11 is 0. The first-order valence-corrected chi connectivity index (χ1v) is 6.20. The van der Waals surface area contributed by atoms with Crippen LogP contribution in [0.4, 0.5) is 0 Å². The van der Waals surface area contributed by atoms with Crippen molar-refractivity contribution in [2.45, 2.75) is 25.3 Å². The third-order valence-electron chi connectivity index (χ3n) is 3.71. The SMILES string of the molecule is CNC(c1c(OC)cccc1OC)C1CCC1. The van der Waals surface area contributed by atoms with E-state index in [2.05, 4.69) is 5.32 Å². The molecule has 1 aliphatic rings. The number of nitrogens with one attached hydrogen (secondary N) is 1. The minimum absolute atomic E-state index is 0.329. The van der Waals surface area contributed by atoms with Gasteiger partial charge in [-0.3, -0.25) is 0 Å². The molecule has 1 aromatic carbocycles. The molecule has 0 amide bonds. The molecule has 94 valence electrons. The molecule has 1 aliphatic carbocycles. The maximum atomic E-state index is 5.47. The van der Waals surface area contributed by atoms with Gasteiger partial charge in [0, 0.05) is 6.04 Å². The van der Waals surface area contributed by atoms with E-state index in [0.717, 1.165) is 17.1 Å². The highest BCUT2D eigenvalue weighted by molar-refractivity contribution is 5.47. The van der Waals surface area contributed by atoms with E-state index in [4.69, 9.17) is 9.47 Å². The van der Waals surface area contributed by atoms with E-state index in [9.17, 15) is 0 Å². The van der Waals surface area contributed by atoms with Crippen LogP contribution in [0.3, 0.4) is 0 Å². The summed E-state index contributed by atoms with van der Waals surface area (Å²) in [5.41, 5.74) is 1.16. The summed E-state index contributed by atoms with van der Waals surface area (Å²) in [6.07, 6.45) is 3.90. The van der Waals surface area contributed by atoms with Crippen molar-refractivity contribution in [3.05, 3.63) is 23.8 Å². The normalized spacial score (nSPS) is 17.4. The lowest BCUT2D eigenvalue weighted by Crippen LogP contribution is -2.30. The Morgan fingerprint density at radius 2 is 1.76 bits per heavy atom. The van der Waals surface area contributed by atoms with Crippen LogP contribution in [0.15, 0.2) is 18.2 Å². The van der Waals surface area contributed by atoms with Gasteiger partial charge in [-0.1, -0.05) is 12.5 Å². The van der Waals surface area contributed by atoms with Gasteiger partial charge in [0.2, 0.25) is 0 Å². The highest BCUT2D eigenvalue weighted by Gasteiger charge is 2.31. The van der Waals surface area contributed by atoms with E-state index in [-0.39, 0.29) is 0 Å². The number of ether oxygens (including phenoxy) is 2. The summed E-state index contributed by atoms with van der Waals surface area (Å²) in [4.78, 5) is 0. The van der Waals surface area contributed by atoms with Gasteiger partial charge in [-0.15, -0.1) is 0 Å². The predicted octanol–water partition coefficient (Wildman–Crippen LogP) is 2.76. The number of methoxy groups -OCH3 is 2. The molecule has 1 saturated carbocycles. The maximum absolute atomic E-state index is 5.47. The molecule has 0 saturated heterocycles. The van der Waals surface area contributed by atoms with Gasteiger partial charge < -0.3 is 14.8 Å². The first-order valence-electron chi connectivity index (χ1n) is 6.20. The van der Waals surface area contributed by atoms with E-state index >= 15 is 0 Å². The molecule has 0 spiro atoms. The molecule has 0 heterocycles. The van der Waals surface area contributed by atoms with Crippen LogP contribution < -0.4 is 14.8 Å². The van der Waals surface area contributed by atoms with Gasteiger partial charge in [0.25, 0.3) is 0 Å². The van der Waals surface area contributed by atoms with Crippen LogP contribution in [0.1, 0.15) is 30.9 Å². The van der Waals surface area contributed by atoms with Gasteiger partial charge in [0.05, 0.1) is 19.8 Å². The van der Waals surface area contributed by atoms with Gasteiger partial charge in [0.1, 0.15) is 11.5 Å². The molecule has 0 aliphatic heterocycles. The van der Waals surface area contributed by atoms with Gasteiger partial charge in [-0.25, -0.2) is 0 Å². The second kappa shape index (κ2) is 5.41. The Bertz CT molecular complexity index is 352. The third-order valence-corrected chi connectivity index (χ3v) is 3.71. The van der Waals surface area contributed by atoms with E-state index in [1.807, 2.05) is 25.2 Å². The van der Waals surface area contributed by atoms with Crippen molar-refractivity contribution in [2.24, 2.45) is 5.92 Å². The Hall–Kier alpha value is -1.22.